The maximum absolute atomic E-state index is 12.4. The van der Waals surface area contributed by atoms with Crippen LogP contribution in [0.15, 0.2) is 48.5 Å². The van der Waals surface area contributed by atoms with Gasteiger partial charge in [-0.3, -0.25) is 0 Å². The highest BCUT2D eigenvalue weighted by Crippen LogP contribution is 2.31. The second-order valence-corrected chi connectivity index (χ2v) is 5.92. The third-order valence-corrected chi connectivity index (χ3v) is 4.33. The molecule has 0 aliphatic rings. The van der Waals surface area contributed by atoms with Crippen LogP contribution in [-0.2, 0) is 11.3 Å². The minimum Gasteiger partial charge on any atom is -0.508 e. The zero-order chi connectivity index (χ0) is 18.0. The number of fused-ring (bicyclic) bond motifs is 1. The van der Waals surface area contributed by atoms with Crippen LogP contribution in [0.1, 0.15) is 34.6 Å². The first-order valence-corrected chi connectivity index (χ1v) is 8.24. The number of aromatic nitrogens is 1. The van der Waals surface area contributed by atoms with Crippen LogP contribution in [0, 0.1) is 6.92 Å². The summed E-state index contributed by atoms with van der Waals surface area (Å²) in [6, 6.07) is 14.3. The number of phenolic OH excluding ortho intramolecular Hbond substituents is 1. The lowest BCUT2D eigenvalue weighted by Gasteiger charge is -2.15. The molecule has 2 aromatic carbocycles. The Labute approximate surface area is 146 Å². The summed E-state index contributed by atoms with van der Waals surface area (Å²) in [5.41, 5.74) is 2.70. The number of esters is 1. The van der Waals surface area contributed by atoms with Crippen molar-refractivity contribution in [3.63, 3.8) is 0 Å². The summed E-state index contributed by atoms with van der Waals surface area (Å²) in [6.07, 6.45) is -0.709. The molecule has 0 spiro atoms. The van der Waals surface area contributed by atoms with E-state index in [4.69, 9.17) is 4.74 Å². The number of hydrogen-bond donors (Lipinski definition) is 2. The largest absolute Gasteiger partial charge is 0.508 e. The first-order chi connectivity index (χ1) is 12.0. The molecule has 0 saturated carbocycles. The van der Waals surface area contributed by atoms with E-state index in [1.807, 2.05) is 41.8 Å². The first-order valence-electron chi connectivity index (χ1n) is 8.24. The predicted molar refractivity (Wildman–Crippen MR) is 95.7 cm³/mol. The number of aliphatic hydroxyl groups excluding tert-OH is 1. The summed E-state index contributed by atoms with van der Waals surface area (Å²) < 4.78 is 7.05. The maximum atomic E-state index is 12.4. The van der Waals surface area contributed by atoms with Gasteiger partial charge in [0.25, 0.3) is 0 Å². The standard InChI is InChI=1S/C20H21NO4/c1-3-25-20(24)19-13(2)21(17-10-9-15(22)11-16(17)19)12-18(23)14-7-5-4-6-8-14/h4-11,18,22-23H,3,12H2,1-2H3/t18-/m0/s1. The highest BCUT2D eigenvalue weighted by molar-refractivity contribution is 6.06. The smallest absolute Gasteiger partial charge is 0.340 e. The van der Waals surface area contributed by atoms with Gasteiger partial charge in [-0.1, -0.05) is 30.3 Å². The van der Waals surface area contributed by atoms with E-state index in [2.05, 4.69) is 0 Å². The number of aromatic hydroxyl groups is 1. The fraction of sp³-hybridized carbons (Fsp3) is 0.250. The molecule has 5 nitrogen and oxygen atoms in total. The molecule has 5 heteroatoms. The molecule has 3 rings (SSSR count). The number of phenols is 1. The fourth-order valence-electron chi connectivity index (χ4n) is 3.12. The van der Waals surface area contributed by atoms with Crippen LogP contribution in [0.2, 0.25) is 0 Å². The van der Waals surface area contributed by atoms with Crippen molar-refractivity contribution in [1.82, 2.24) is 4.57 Å². The van der Waals surface area contributed by atoms with Crippen LogP contribution in [0.4, 0.5) is 0 Å². The zero-order valence-corrected chi connectivity index (χ0v) is 14.3. The van der Waals surface area contributed by atoms with Gasteiger partial charge in [0.05, 0.1) is 24.8 Å². The fourth-order valence-corrected chi connectivity index (χ4v) is 3.12. The Morgan fingerprint density at radius 3 is 2.60 bits per heavy atom. The number of hydrogen-bond acceptors (Lipinski definition) is 4. The molecular formula is C20H21NO4. The number of carbonyl (C=O) groups is 1. The van der Waals surface area contributed by atoms with Gasteiger partial charge in [0, 0.05) is 16.6 Å². The van der Waals surface area contributed by atoms with Gasteiger partial charge < -0.3 is 19.5 Å². The predicted octanol–water partition coefficient (Wildman–Crippen LogP) is 3.57. The van der Waals surface area contributed by atoms with Gasteiger partial charge in [0.1, 0.15) is 5.75 Å². The minimum absolute atomic E-state index is 0.0822. The van der Waals surface area contributed by atoms with Crippen LogP contribution in [0.25, 0.3) is 10.9 Å². The average Bonchev–Trinajstić information content (AvgIpc) is 2.87. The van der Waals surface area contributed by atoms with E-state index in [0.717, 1.165) is 11.1 Å². The lowest BCUT2D eigenvalue weighted by molar-refractivity contribution is 0.0527. The molecule has 0 fully saturated rings. The zero-order valence-electron chi connectivity index (χ0n) is 14.3. The second-order valence-electron chi connectivity index (χ2n) is 5.92. The second kappa shape index (κ2) is 6.99. The van der Waals surface area contributed by atoms with Crippen LogP contribution < -0.4 is 0 Å². The molecule has 2 N–H and O–H groups in total. The van der Waals surface area contributed by atoms with Crippen molar-refractivity contribution >= 4 is 16.9 Å². The van der Waals surface area contributed by atoms with Gasteiger partial charge in [-0.15, -0.1) is 0 Å². The van der Waals surface area contributed by atoms with Gasteiger partial charge in [0.2, 0.25) is 0 Å². The minimum atomic E-state index is -0.709. The van der Waals surface area contributed by atoms with Crippen LogP contribution >= 0.6 is 0 Å². The monoisotopic (exact) mass is 339 g/mol. The highest BCUT2D eigenvalue weighted by Gasteiger charge is 2.22. The normalized spacial score (nSPS) is 12.3. The van der Waals surface area contributed by atoms with Crippen molar-refractivity contribution in [2.45, 2.75) is 26.5 Å². The van der Waals surface area contributed by atoms with Crippen molar-refractivity contribution in [1.29, 1.82) is 0 Å². The van der Waals surface area contributed by atoms with Crippen molar-refractivity contribution in [3.05, 3.63) is 65.4 Å². The Bertz CT molecular complexity index is 899. The first kappa shape index (κ1) is 17.0. The third kappa shape index (κ3) is 3.23. The molecule has 0 radical (unpaired) electrons. The van der Waals surface area contributed by atoms with Crippen LogP contribution in [0.5, 0.6) is 5.75 Å². The Morgan fingerprint density at radius 2 is 1.92 bits per heavy atom. The number of rotatable bonds is 5. The van der Waals surface area contributed by atoms with Crippen molar-refractivity contribution in [2.75, 3.05) is 6.61 Å². The molecule has 0 bridgehead atoms. The SMILES string of the molecule is CCOC(=O)c1c(C)n(C[C@H](O)c2ccccc2)c2ccc(O)cc12. The van der Waals surface area contributed by atoms with Crippen molar-refractivity contribution in [2.24, 2.45) is 0 Å². The van der Waals surface area contributed by atoms with Crippen molar-refractivity contribution in [3.8, 4) is 5.75 Å². The number of carbonyl (C=O) groups excluding carboxylic acids is 1. The topological polar surface area (TPSA) is 71.7 Å². The van der Waals surface area contributed by atoms with E-state index in [1.54, 1.807) is 25.1 Å². The lowest BCUT2D eigenvalue weighted by atomic mass is 10.1. The average molecular weight is 339 g/mol. The van der Waals surface area contributed by atoms with E-state index in [9.17, 15) is 15.0 Å². The highest BCUT2D eigenvalue weighted by atomic mass is 16.5. The quantitative estimate of drug-likeness (QED) is 0.697. The van der Waals surface area contributed by atoms with Gasteiger partial charge in [-0.2, -0.15) is 0 Å². The number of aliphatic hydroxyl groups is 1. The van der Waals surface area contributed by atoms with Gasteiger partial charge >= 0.3 is 5.97 Å². The van der Waals surface area contributed by atoms with E-state index >= 15 is 0 Å². The van der Waals surface area contributed by atoms with Crippen LogP contribution in [0.3, 0.4) is 0 Å². The van der Waals surface area contributed by atoms with Gasteiger partial charge in [0.15, 0.2) is 0 Å². The Hall–Kier alpha value is -2.79. The van der Waals surface area contributed by atoms with E-state index in [1.165, 1.54) is 0 Å². The molecule has 25 heavy (non-hydrogen) atoms. The van der Waals surface area contributed by atoms with E-state index in [-0.39, 0.29) is 12.4 Å². The summed E-state index contributed by atoms with van der Waals surface area (Å²) in [5.74, 6) is -0.345. The summed E-state index contributed by atoms with van der Waals surface area (Å²) in [6.45, 7) is 4.15. The van der Waals surface area contributed by atoms with E-state index in [0.29, 0.717) is 23.2 Å². The van der Waals surface area contributed by atoms with Gasteiger partial charge in [-0.05, 0) is 37.6 Å². The molecule has 1 heterocycles. The molecule has 1 aromatic heterocycles. The molecule has 0 saturated heterocycles. The Kier molecular flexibility index (Phi) is 4.76. The molecule has 3 aromatic rings. The van der Waals surface area contributed by atoms with Crippen molar-refractivity contribution < 1.29 is 19.7 Å². The number of nitrogens with zero attached hydrogens (tertiary/aromatic N) is 1. The Balaban J connectivity index is 2.09. The summed E-state index contributed by atoms with van der Waals surface area (Å²) in [5, 5.41) is 21.0. The van der Waals surface area contributed by atoms with Crippen LogP contribution in [-0.4, -0.2) is 27.4 Å². The lowest BCUT2D eigenvalue weighted by Crippen LogP contribution is -2.11. The molecule has 0 unspecified atom stereocenters. The molecule has 0 aliphatic heterocycles. The van der Waals surface area contributed by atoms with Gasteiger partial charge in [-0.25, -0.2) is 4.79 Å². The number of ether oxygens (including phenoxy) is 1. The summed E-state index contributed by atoms with van der Waals surface area (Å²) >= 11 is 0. The summed E-state index contributed by atoms with van der Waals surface area (Å²) in [7, 11) is 0. The van der Waals surface area contributed by atoms with E-state index < -0.39 is 12.1 Å². The third-order valence-electron chi connectivity index (χ3n) is 4.33. The number of benzene rings is 2. The molecular weight excluding hydrogens is 318 g/mol. The molecule has 0 aliphatic carbocycles. The molecule has 0 amide bonds. The molecule has 1 atom stereocenters. The Morgan fingerprint density at radius 1 is 1.20 bits per heavy atom. The molecule has 130 valence electrons. The maximum Gasteiger partial charge on any atom is 0.340 e. The summed E-state index contributed by atoms with van der Waals surface area (Å²) in [4.78, 5) is 12.4.